The van der Waals surface area contributed by atoms with Crippen LogP contribution < -0.4 is 0 Å². The molecule has 0 spiro atoms. The molecule has 1 aliphatic rings. The molecule has 0 saturated heterocycles. The second-order valence-corrected chi connectivity index (χ2v) is 6.19. The highest BCUT2D eigenvalue weighted by Gasteiger charge is 2.24. The van der Waals surface area contributed by atoms with Gasteiger partial charge in [0.1, 0.15) is 0 Å². The molecule has 1 aromatic heterocycles. The molecule has 5 heteroatoms. The molecule has 0 amide bonds. The molecule has 4 nitrogen and oxygen atoms in total. The monoisotopic (exact) mass is 288 g/mol. The Hall–Kier alpha value is -1.72. The smallest absolute Gasteiger partial charge is 0.298 e. The van der Waals surface area contributed by atoms with Crippen LogP contribution in [-0.2, 0) is 19.4 Å². The van der Waals surface area contributed by atoms with Gasteiger partial charge in [0, 0.05) is 24.0 Å². The quantitative estimate of drug-likeness (QED) is 0.641. The van der Waals surface area contributed by atoms with E-state index in [4.69, 9.17) is 0 Å². The summed E-state index contributed by atoms with van der Waals surface area (Å²) in [7, 11) is 2.10. The average molecular weight is 288 g/mol. The molecule has 0 fully saturated rings. The van der Waals surface area contributed by atoms with Gasteiger partial charge >= 0.3 is 5.00 Å². The van der Waals surface area contributed by atoms with Crippen molar-refractivity contribution in [3.8, 4) is 0 Å². The highest BCUT2D eigenvalue weighted by Crippen LogP contribution is 2.27. The van der Waals surface area contributed by atoms with E-state index in [2.05, 4.69) is 36.2 Å². The molecule has 0 radical (unpaired) electrons. The molecule has 1 aliphatic carbocycles. The van der Waals surface area contributed by atoms with Gasteiger partial charge < -0.3 is 0 Å². The summed E-state index contributed by atoms with van der Waals surface area (Å²) in [6, 6.07) is 10.7. The second-order valence-electron chi connectivity index (χ2n) is 5.30. The molecule has 0 atom stereocenters. The molecule has 1 heterocycles. The Bertz CT molecular complexity index is 613. The maximum atomic E-state index is 10.7. The summed E-state index contributed by atoms with van der Waals surface area (Å²) in [5.74, 6) is 0. The van der Waals surface area contributed by atoms with Crippen LogP contribution >= 0.6 is 11.3 Å². The van der Waals surface area contributed by atoms with Gasteiger partial charge in [0.05, 0.1) is 4.92 Å². The molecule has 0 bridgehead atoms. The maximum absolute atomic E-state index is 10.7. The molecule has 1 aromatic carbocycles. The summed E-state index contributed by atoms with van der Waals surface area (Å²) in [5.41, 5.74) is 3.89. The fourth-order valence-corrected chi connectivity index (χ4v) is 3.53. The third-order valence-corrected chi connectivity index (χ3v) is 4.83. The fourth-order valence-electron chi connectivity index (χ4n) is 2.81. The van der Waals surface area contributed by atoms with Crippen molar-refractivity contribution in [2.24, 2.45) is 0 Å². The van der Waals surface area contributed by atoms with Crippen LogP contribution in [0.5, 0.6) is 0 Å². The number of likely N-dealkylation sites (N-methyl/N-ethyl adjacent to an activating group) is 1. The number of thiophene rings is 1. The van der Waals surface area contributed by atoms with Gasteiger partial charge in [0.15, 0.2) is 0 Å². The van der Waals surface area contributed by atoms with Gasteiger partial charge in [-0.05, 0) is 36.6 Å². The predicted octanol–water partition coefficient (Wildman–Crippen LogP) is 3.26. The molecular formula is C15H16N2O2S. The summed E-state index contributed by atoms with van der Waals surface area (Å²) < 4.78 is 0. The van der Waals surface area contributed by atoms with Crippen molar-refractivity contribution in [3.05, 3.63) is 62.5 Å². The van der Waals surface area contributed by atoms with Crippen molar-refractivity contribution >= 4 is 16.3 Å². The largest absolute Gasteiger partial charge is 0.324 e. The number of nitrogens with zero attached hydrogens (tertiary/aromatic N) is 2. The van der Waals surface area contributed by atoms with Gasteiger partial charge in [-0.25, -0.2) is 0 Å². The summed E-state index contributed by atoms with van der Waals surface area (Å²) in [5, 5.41) is 12.8. The number of benzene rings is 1. The van der Waals surface area contributed by atoms with Crippen LogP contribution in [0.1, 0.15) is 16.7 Å². The average Bonchev–Trinajstić information content (AvgIpc) is 3.04. The molecule has 0 N–H and O–H groups in total. The van der Waals surface area contributed by atoms with Crippen LogP contribution in [0.2, 0.25) is 0 Å². The lowest BCUT2D eigenvalue weighted by Gasteiger charge is -2.23. The first kappa shape index (κ1) is 13.3. The van der Waals surface area contributed by atoms with Crippen LogP contribution in [0, 0.1) is 10.1 Å². The van der Waals surface area contributed by atoms with E-state index in [0.717, 1.165) is 24.9 Å². The van der Waals surface area contributed by atoms with Gasteiger partial charge in [-0.3, -0.25) is 15.0 Å². The Labute approximate surface area is 121 Å². The Kier molecular flexibility index (Phi) is 3.54. The van der Waals surface area contributed by atoms with Gasteiger partial charge in [-0.2, -0.15) is 0 Å². The van der Waals surface area contributed by atoms with Crippen molar-refractivity contribution in [2.75, 3.05) is 7.05 Å². The SMILES string of the molecule is CN(Cc1csc([N+](=O)[O-])c1)C1Cc2ccccc2C1. The Morgan fingerprint density at radius 2 is 2.00 bits per heavy atom. The van der Waals surface area contributed by atoms with Crippen LogP contribution in [0.15, 0.2) is 35.7 Å². The Morgan fingerprint density at radius 3 is 2.55 bits per heavy atom. The Morgan fingerprint density at radius 1 is 1.35 bits per heavy atom. The molecule has 20 heavy (non-hydrogen) atoms. The lowest BCUT2D eigenvalue weighted by atomic mass is 10.1. The van der Waals surface area contributed by atoms with E-state index < -0.39 is 0 Å². The minimum Gasteiger partial charge on any atom is -0.298 e. The van der Waals surface area contributed by atoms with Crippen molar-refractivity contribution < 1.29 is 4.92 Å². The van der Waals surface area contributed by atoms with E-state index in [0.29, 0.717) is 6.04 Å². The summed E-state index contributed by atoms with van der Waals surface area (Å²) in [6.07, 6.45) is 2.14. The summed E-state index contributed by atoms with van der Waals surface area (Å²) >= 11 is 1.20. The number of nitro groups is 1. The summed E-state index contributed by atoms with van der Waals surface area (Å²) in [6.45, 7) is 0.767. The normalized spacial score (nSPS) is 14.7. The lowest BCUT2D eigenvalue weighted by molar-refractivity contribution is -0.380. The van der Waals surface area contributed by atoms with E-state index in [1.54, 1.807) is 6.07 Å². The highest BCUT2D eigenvalue weighted by atomic mass is 32.1. The van der Waals surface area contributed by atoms with Gasteiger partial charge in [0.2, 0.25) is 0 Å². The maximum Gasteiger partial charge on any atom is 0.324 e. The molecule has 0 aliphatic heterocycles. The van der Waals surface area contributed by atoms with E-state index >= 15 is 0 Å². The lowest BCUT2D eigenvalue weighted by Crippen LogP contribution is -2.31. The fraction of sp³-hybridized carbons (Fsp3) is 0.333. The van der Waals surface area contributed by atoms with Crippen LogP contribution in [0.25, 0.3) is 0 Å². The number of fused-ring (bicyclic) bond motifs is 1. The molecule has 104 valence electrons. The number of rotatable bonds is 4. The van der Waals surface area contributed by atoms with Crippen molar-refractivity contribution in [2.45, 2.75) is 25.4 Å². The number of hydrogen-bond donors (Lipinski definition) is 0. The molecule has 0 saturated carbocycles. The minimum absolute atomic E-state index is 0.225. The third kappa shape index (κ3) is 2.59. The molecular weight excluding hydrogens is 272 g/mol. The van der Waals surface area contributed by atoms with E-state index in [9.17, 15) is 10.1 Å². The third-order valence-electron chi connectivity index (χ3n) is 3.90. The van der Waals surface area contributed by atoms with Gasteiger partial charge in [0.25, 0.3) is 0 Å². The first-order chi connectivity index (χ1) is 9.63. The van der Waals surface area contributed by atoms with Crippen LogP contribution in [-0.4, -0.2) is 22.9 Å². The molecule has 3 rings (SSSR count). The van der Waals surface area contributed by atoms with Crippen molar-refractivity contribution in [3.63, 3.8) is 0 Å². The van der Waals surface area contributed by atoms with Crippen molar-refractivity contribution in [1.82, 2.24) is 4.90 Å². The minimum atomic E-state index is -0.320. The molecule has 2 aromatic rings. The topological polar surface area (TPSA) is 46.4 Å². The van der Waals surface area contributed by atoms with Crippen LogP contribution in [0.4, 0.5) is 5.00 Å². The zero-order valence-electron chi connectivity index (χ0n) is 11.3. The first-order valence-corrected chi connectivity index (χ1v) is 7.50. The predicted molar refractivity (Wildman–Crippen MR) is 80.1 cm³/mol. The standard InChI is InChI=1S/C15H16N2O2S/c1-16(9-11-6-15(17(18)19)20-10-11)14-7-12-4-2-3-5-13(12)8-14/h2-6,10,14H,7-9H2,1H3. The molecule has 0 unspecified atom stereocenters. The van der Waals surface area contributed by atoms with Gasteiger partial charge in [-0.15, -0.1) is 0 Å². The van der Waals surface area contributed by atoms with E-state index in [-0.39, 0.29) is 9.92 Å². The van der Waals surface area contributed by atoms with E-state index in [1.165, 1.54) is 22.5 Å². The van der Waals surface area contributed by atoms with Crippen molar-refractivity contribution in [1.29, 1.82) is 0 Å². The Balaban J connectivity index is 1.66. The summed E-state index contributed by atoms with van der Waals surface area (Å²) in [4.78, 5) is 12.7. The second kappa shape index (κ2) is 5.34. The first-order valence-electron chi connectivity index (χ1n) is 6.62. The van der Waals surface area contributed by atoms with E-state index in [1.807, 2.05) is 5.38 Å². The van der Waals surface area contributed by atoms with Crippen LogP contribution in [0.3, 0.4) is 0 Å². The van der Waals surface area contributed by atoms with Gasteiger partial charge in [-0.1, -0.05) is 35.6 Å². The number of hydrogen-bond acceptors (Lipinski definition) is 4. The zero-order valence-corrected chi connectivity index (χ0v) is 12.1. The zero-order chi connectivity index (χ0) is 14.1. The highest BCUT2D eigenvalue weighted by molar-refractivity contribution is 7.13.